The molecule has 2 rings (SSSR count). The highest BCUT2D eigenvalue weighted by Crippen LogP contribution is 2.23. The topological polar surface area (TPSA) is 75.3 Å². The Balaban J connectivity index is 2.15. The van der Waals surface area contributed by atoms with Crippen LogP contribution in [0.4, 0.5) is 15.8 Å². The molecule has 0 saturated carbocycles. The van der Waals surface area contributed by atoms with E-state index in [1.165, 1.54) is 6.07 Å². The van der Waals surface area contributed by atoms with Gasteiger partial charge in [0.05, 0.1) is 11.3 Å². The Bertz CT molecular complexity index is 644. The lowest BCUT2D eigenvalue weighted by Crippen LogP contribution is -2.19. The van der Waals surface area contributed by atoms with Gasteiger partial charge in [-0.2, -0.15) is 0 Å². The summed E-state index contributed by atoms with van der Waals surface area (Å²) in [6, 6.07) is 12.0. The minimum Gasteiger partial charge on any atom is -0.478 e. The third kappa shape index (κ3) is 3.72. The fourth-order valence-electron chi connectivity index (χ4n) is 2.17. The zero-order chi connectivity index (χ0) is 15.4. The number of nitrogen functional groups attached to an aromatic ring is 1. The van der Waals surface area contributed by atoms with E-state index in [2.05, 4.69) is 5.32 Å². The summed E-state index contributed by atoms with van der Waals surface area (Å²) >= 11 is 0. The summed E-state index contributed by atoms with van der Waals surface area (Å²) in [5, 5.41) is 12.0. The number of hydrogen-bond acceptors (Lipinski definition) is 3. The maximum Gasteiger partial charge on any atom is 0.337 e. The van der Waals surface area contributed by atoms with Crippen molar-refractivity contribution in [2.24, 2.45) is 0 Å². The molecule has 0 aliphatic carbocycles. The predicted molar refractivity (Wildman–Crippen MR) is 81.0 cm³/mol. The summed E-state index contributed by atoms with van der Waals surface area (Å²) in [4.78, 5) is 11.0. The molecule has 0 heterocycles. The first-order valence-electron chi connectivity index (χ1n) is 6.60. The van der Waals surface area contributed by atoms with Crippen molar-refractivity contribution in [1.82, 2.24) is 0 Å². The summed E-state index contributed by atoms with van der Waals surface area (Å²) < 4.78 is 13.9. The molecule has 0 saturated heterocycles. The van der Waals surface area contributed by atoms with E-state index in [-0.39, 0.29) is 23.0 Å². The number of benzene rings is 2. The molecule has 0 aliphatic rings. The summed E-state index contributed by atoms with van der Waals surface area (Å²) in [6.07, 6.45) is 0.701. The van der Waals surface area contributed by atoms with Crippen LogP contribution in [0.5, 0.6) is 0 Å². The minimum absolute atomic E-state index is 0.0489. The van der Waals surface area contributed by atoms with Crippen molar-refractivity contribution < 1.29 is 14.3 Å². The highest BCUT2D eigenvalue weighted by molar-refractivity contribution is 5.94. The fraction of sp³-hybridized carbons (Fsp3) is 0.188. The molecule has 1 atom stereocenters. The van der Waals surface area contributed by atoms with Gasteiger partial charge in [0.1, 0.15) is 5.82 Å². The number of carboxylic acid groups (broad SMARTS) is 1. The van der Waals surface area contributed by atoms with Crippen molar-refractivity contribution >= 4 is 17.3 Å². The molecule has 0 radical (unpaired) electrons. The molecule has 2 aromatic carbocycles. The second-order valence-corrected chi connectivity index (χ2v) is 4.96. The van der Waals surface area contributed by atoms with Gasteiger partial charge in [-0.15, -0.1) is 0 Å². The molecule has 0 aromatic heterocycles. The van der Waals surface area contributed by atoms with Crippen LogP contribution in [0.15, 0.2) is 42.5 Å². The molecule has 0 amide bonds. The first-order valence-corrected chi connectivity index (χ1v) is 6.60. The van der Waals surface area contributed by atoms with Crippen LogP contribution in [0.2, 0.25) is 0 Å². The average Bonchev–Trinajstić information content (AvgIpc) is 2.42. The number of nitrogens with two attached hydrogens (primary N) is 1. The molecule has 1 unspecified atom stereocenters. The van der Waals surface area contributed by atoms with Crippen LogP contribution in [-0.2, 0) is 6.42 Å². The Hall–Kier alpha value is -2.56. The molecule has 0 aliphatic heterocycles. The third-order valence-electron chi connectivity index (χ3n) is 3.16. The predicted octanol–water partition coefficient (Wildman–Crippen LogP) is 3.15. The summed E-state index contributed by atoms with van der Waals surface area (Å²) in [5.74, 6) is -1.73. The first kappa shape index (κ1) is 14.8. The summed E-state index contributed by atoms with van der Waals surface area (Å²) in [7, 11) is 0. The van der Waals surface area contributed by atoms with Crippen molar-refractivity contribution in [3.05, 3.63) is 59.4 Å². The minimum atomic E-state index is -1.17. The zero-order valence-electron chi connectivity index (χ0n) is 11.6. The third-order valence-corrected chi connectivity index (χ3v) is 3.16. The van der Waals surface area contributed by atoms with E-state index in [4.69, 9.17) is 10.8 Å². The van der Waals surface area contributed by atoms with Gasteiger partial charge >= 0.3 is 5.97 Å². The maximum absolute atomic E-state index is 13.9. The van der Waals surface area contributed by atoms with Gasteiger partial charge in [0.15, 0.2) is 0 Å². The van der Waals surface area contributed by atoms with E-state index in [9.17, 15) is 9.18 Å². The van der Waals surface area contributed by atoms with Gasteiger partial charge in [-0.3, -0.25) is 0 Å². The summed E-state index contributed by atoms with van der Waals surface area (Å²) in [6.45, 7) is 1.91. The van der Waals surface area contributed by atoms with Gasteiger partial charge in [0.2, 0.25) is 0 Å². The Morgan fingerprint density at radius 1 is 1.33 bits per heavy atom. The number of anilines is 2. The van der Waals surface area contributed by atoms with E-state index >= 15 is 0 Å². The molecule has 21 heavy (non-hydrogen) atoms. The number of aromatic carboxylic acids is 1. The van der Waals surface area contributed by atoms with Crippen LogP contribution in [0.3, 0.4) is 0 Å². The molecule has 110 valence electrons. The lowest BCUT2D eigenvalue weighted by Gasteiger charge is -2.17. The number of carbonyl (C=O) groups is 1. The van der Waals surface area contributed by atoms with Gasteiger partial charge in [-0.1, -0.05) is 30.3 Å². The Kier molecular flexibility index (Phi) is 4.42. The molecule has 0 spiro atoms. The normalized spacial score (nSPS) is 11.9. The van der Waals surface area contributed by atoms with E-state index in [0.29, 0.717) is 6.42 Å². The lowest BCUT2D eigenvalue weighted by molar-refractivity contribution is 0.0698. The number of carboxylic acids is 1. The molecular weight excluding hydrogens is 271 g/mol. The van der Waals surface area contributed by atoms with Crippen molar-refractivity contribution in [2.75, 3.05) is 11.1 Å². The van der Waals surface area contributed by atoms with Crippen molar-refractivity contribution in [1.29, 1.82) is 0 Å². The van der Waals surface area contributed by atoms with Crippen LogP contribution in [-0.4, -0.2) is 17.1 Å². The number of halogens is 1. The molecule has 2 aromatic rings. The standard InChI is InChI=1S/C16H17FN2O2/c1-10(7-11-5-3-2-4-6-11)19-15-8-12(16(20)21)14(18)9-13(15)17/h2-6,8-10,19H,7,18H2,1H3,(H,20,21). The van der Waals surface area contributed by atoms with Gasteiger partial charge in [0.25, 0.3) is 0 Å². The maximum atomic E-state index is 13.9. The van der Waals surface area contributed by atoms with Crippen LogP contribution in [0.1, 0.15) is 22.8 Å². The second-order valence-electron chi connectivity index (χ2n) is 4.96. The van der Waals surface area contributed by atoms with Gasteiger partial charge < -0.3 is 16.2 Å². The monoisotopic (exact) mass is 288 g/mol. The quantitative estimate of drug-likeness (QED) is 0.739. The van der Waals surface area contributed by atoms with Gasteiger partial charge in [-0.05, 0) is 31.0 Å². The number of rotatable bonds is 5. The smallest absolute Gasteiger partial charge is 0.337 e. The van der Waals surface area contributed by atoms with E-state index in [1.54, 1.807) is 0 Å². The number of nitrogens with one attached hydrogen (secondary N) is 1. The van der Waals surface area contributed by atoms with Crippen LogP contribution in [0.25, 0.3) is 0 Å². The molecule has 0 fully saturated rings. The Morgan fingerprint density at radius 2 is 2.00 bits per heavy atom. The average molecular weight is 288 g/mol. The molecular formula is C16H17FN2O2. The zero-order valence-corrected chi connectivity index (χ0v) is 11.6. The van der Waals surface area contributed by atoms with Crippen LogP contribution >= 0.6 is 0 Å². The molecule has 0 bridgehead atoms. The Morgan fingerprint density at radius 3 is 2.62 bits per heavy atom. The largest absolute Gasteiger partial charge is 0.478 e. The van der Waals surface area contributed by atoms with Gasteiger partial charge in [-0.25, -0.2) is 9.18 Å². The molecule has 5 heteroatoms. The fourth-order valence-corrected chi connectivity index (χ4v) is 2.17. The SMILES string of the molecule is CC(Cc1ccccc1)Nc1cc(C(=O)O)c(N)cc1F. The Labute approximate surface area is 122 Å². The van der Waals surface area contributed by atoms with Crippen molar-refractivity contribution in [3.63, 3.8) is 0 Å². The number of hydrogen-bond donors (Lipinski definition) is 3. The highest BCUT2D eigenvalue weighted by Gasteiger charge is 2.14. The van der Waals surface area contributed by atoms with Crippen LogP contribution < -0.4 is 11.1 Å². The first-order chi connectivity index (χ1) is 9.97. The highest BCUT2D eigenvalue weighted by atomic mass is 19.1. The van der Waals surface area contributed by atoms with E-state index < -0.39 is 11.8 Å². The molecule has 4 N–H and O–H groups in total. The van der Waals surface area contributed by atoms with E-state index in [1.807, 2.05) is 37.3 Å². The van der Waals surface area contributed by atoms with E-state index in [0.717, 1.165) is 11.6 Å². The van der Waals surface area contributed by atoms with Crippen molar-refractivity contribution in [3.8, 4) is 0 Å². The van der Waals surface area contributed by atoms with Gasteiger partial charge in [0, 0.05) is 11.7 Å². The summed E-state index contributed by atoms with van der Waals surface area (Å²) in [5.41, 5.74) is 6.57. The van der Waals surface area contributed by atoms with Crippen molar-refractivity contribution in [2.45, 2.75) is 19.4 Å². The second kappa shape index (κ2) is 6.26. The lowest BCUT2D eigenvalue weighted by atomic mass is 10.1. The molecule has 4 nitrogen and oxygen atoms in total. The van der Waals surface area contributed by atoms with Crippen LogP contribution in [0, 0.1) is 5.82 Å².